The van der Waals surface area contributed by atoms with E-state index in [1.54, 1.807) is 13.8 Å². The van der Waals surface area contributed by atoms with Crippen LogP contribution in [0.25, 0.3) is 0 Å². The average molecular weight is 277 g/mol. The fourth-order valence-corrected chi connectivity index (χ4v) is 3.36. The van der Waals surface area contributed by atoms with Crippen molar-refractivity contribution in [1.29, 1.82) is 0 Å². The molecule has 1 aliphatic carbocycles. The van der Waals surface area contributed by atoms with Gasteiger partial charge in [0.25, 0.3) is 0 Å². The first-order valence-corrected chi connectivity index (χ1v) is 7.76. The number of carbonyl (C=O) groups is 1. The quantitative estimate of drug-likeness (QED) is 0.896. The van der Waals surface area contributed by atoms with Gasteiger partial charge in [0.1, 0.15) is 5.60 Å². The van der Waals surface area contributed by atoms with Crippen molar-refractivity contribution in [3.63, 3.8) is 0 Å². The highest BCUT2D eigenvalue weighted by Crippen LogP contribution is 2.39. The molecule has 1 aromatic heterocycles. The molecule has 0 bridgehead atoms. The van der Waals surface area contributed by atoms with Crippen molar-refractivity contribution < 1.29 is 9.90 Å². The molecule has 0 aliphatic heterocycles. The number of ketones is 1. The predicted molar refractivity (Wildman–Crippen MR) is 80.7 cm³/mol. The second kappa shape index (κ2) is 6.13. The van der Waals surface area contributed by atoms with Gasteiger partial charge in [-0.1, -0.05) is 19.3 Å². The Kier molecular flexibility index (Phi) is 4.69. The van der Waals surface area contributed by atoms with Crippen LogP contribution in [-0.4, -0.2) is 21.1 Å². The summed E-state index contributed by atoms with van der Waals surface area (Å²) >= 11 is 0. The highest BCUT2D eigenvalue weighted by molar-refractivity contribution is 5.86. The smallest absolute Gasteiger partial charge is 0.164 e. The molecule has 0 radical (unpaired) electrons. The van der Waals surface area contributed by atoms with Crippen LogP contribution in [0.2, 0.25) is 0 Å². The van der Waals surface area contributed by atoms with Crippen molar-refractivity contribution in [2.45, 2.75) is 63.9 Å². The molecule has 0 saturated heterocycles. The van der Waals surface area contributed by atoms with E-state index >= 15 is 0 Å². The van der Waals surface area contributed by atoms with Crippen molar-refractivity contribution in [3.05, 3.63) is 24.0 Å². The number of Topliss-reactive ketones (excluding diaryl/α,β-unsaturated/α-hetero) is 1. The third kappa shape index (κ3) is 3.51. The van der Waals surface area contributed by atoms with E-state index in [0.29, 0.717) is 12.3 Å². The lowest BCUT2D eigenvalue weighted by Crippen LogP contribution is -2.34. The van der Waals surface area contributed by atoms with Crippen LogP contribution in [0, 0.1) is 5.92 Å². The summed E-state index contributed by atoms with van der Waals surface area (Å²) in [5.74, 6) is 0.771. The van der Waals surface area contributed by atoms with Gasteiger partial charge < -0.3 is 9.67 Å². The van der Waals surface area contributed by atoms with E-state index in [0.717, 1.165) is 0 Å². The number of aromatic nitrogens is 1. The first kappa shape index (κ1) is 15.3. The fourth-order valence-electron chi connectivity index (χ4n) is 3.36. The van der Waals surface area contributed by atoms with E-state index in [1.807, 2.05) is 19.3 Å². The maximum atomic E-state index is 12.3. The lowest BCUT2D eigenvalue weighted by atomic mass is 9.75. The molecule has 1 saturated carbocycles. The second-order valence-corrected chi connectivity index (χ2v) is 6.73. The maximum absolute atomic E-state index is 12.3. The second-order valence-electron chi connectivity index (χ2n) is 6.73. The van der Waals surface area contributed by atoms with Crippen LogP contribution in [0.1, 0.15) is 64.0 Å². The number of hydrogen-bond donors (Lipinski definition) is 1. The molecular formula is C17H27NO2. The van der Waals surface area contributed by atoms with Crippen LogP contribution < -0.4 is 0 Å². The molecule has 20 heavy (non-hydrogen) atoms. The molecule has 3 heteroatoms. The van der Waals surface area contributed by atoms with E-state index in [9.17, 15) is 9.90 Å². The topological polar surface area (TPSA) is 42.2 Å². The molecule has 1 heterocycles. The van der Waals surface area contributed by atoms with Gasteiger partial charge in [0.05, 0.1) is 0 Å². The van der Waals surface area contributed by atoms with Crippen LogP contribution in [-0.2, 0) is 11.8 Å². The molecular weight excluding hydrogens is 250 g/mol. The molecule has 0 amide bonds. The third-order valence-electron chi connectivity index (χ3n) is 4.67. The summed E-state index contributed by atoms with van der Waals surface area (Å²) in [5.41, 5.74) is 0.00689. The van der Waals surface area contributed by atoms with Gasteiger partial charge in [-0.05, 0) is 44.7 Å². The Morgan fingerprint density at radius 2 is 2.05 bits per heavy atom. The normalized spacial score (nSPS) is 19.0. The van der Waals surface area contributed by atoms with Crippen molar-refractivity contribution >= 4 is 5.78 Å². The summed E-state index contributed by atoms with van der Waals surface area (Å²) in [5, 5.41) is 9.94. The highest BCUT2D eigenvalue weighted by Gasteiger charge is 2.33. The largest absolute Gasteiger partial charge is 0.383 e. The van der Waals surface area contributed by atoms with Gasteiger partial charge in [-0.2, -0.15) is 0 Å². The van der Waals surface area contributed by atoms with Crippen LogP contribution in [0.3, 0.4) is 0 Å². The lowest BCUT2D eigenvalue weighted by Gasteiger charge is -2.31. The Labute approximate surface area is 122 Å². The van der Waals surface area contributed by atoms with E-state index in [1.165, 1.54) is 37.8 Å². The minimum Gasteiger partial charge on any atom is -0.383 e. The van der Waals surface area contributed by atoms with Crippen molar-refractivity contribution in [2.75, 3.05) is 0 Å². The molecule has 1 atom stereocenters. The number of hydrogen-bond acceptors (Lipinski definition) is 2. The van der Waals surface area contributed by atoms with Crippen molar-refractivity contribution in [3.8, 4) is 0 Å². The summed E-state index contributed by atoms with van der Waals surface area (Å²) in [6.45, 7) is 3.19. The summed E-state index contributed by atoms with van der Waals surface area (Å²) in [6, 6.07) is 4.16. The van der Waals surface area contributed by atoms with Crippen molar-refractivity contribution in [2.24, 2.45) is 13.0 Å². The number of rotatable bonds is 5. The maximum Gasteiger partial charge on any atom is 0.164 e. The minimum atomic E-state index is -1.22. The third-order valence-corrected chi connectivity index (χ3v) is 4.67. The standard InChI is InChI=1S/C17H27NO2/c1-17(2,20)16(19)12-14(13-8-5-4-6-9-13)15-10-7-11-18(15)3/h7,10-11,13-14,20H,4-6,8-9,12H2,1-3H3/t14-/m1/s1. The SMILES string of the molecule is Cn1cccc1[C@H](CC(=O)C(C)(C)O)C1CCCCC1. The molecule has 3 nitrogen and oxygen atoms in total. The predicted octanol–water partition coefficient (Wildman–Crippen LogP) is 3.42. The van der Waals surface area contributed by atoms with Crippen LogP contribution >= 0.6 is 0 Å². The zero-order chi connectivity index (χ0) is 14.8. The molecule has 0 spiro atoms. The first-order chi connectivity index (χ1) is 9.39. The Bertz CT molecular complexity index is 450. The van der Waals surface area contributed by atoms with Gasteiger partial charge in [0.2, 0.25) is 0 Å². The summed E-state index contributed by atoms with van der Waals surface area (Å²) in [7, 11) is 2.04. The monoisotopic (exact) mass is 277 g/mol. The van der Waals surface area contributed by atoms with Crippen LogP contribution in [0.4, 0.5) is 0 Å². The Morgan fingerprint density at radius 1 is 1.40 bits per heavy atom. The van der Waals surface area contributed by atoms with Crippen LogP contribution in [0.15, 0.2) is 18.3 Å². The van der Waals surface area contributed by atoms with Crippen LogP contribution in [0.5, 0.6) is 0 Å². The molecule has 112 valence electrons. The van der Waals surface area contributed by atoms with Gasteiger partial charge >= 0.3 is 0 Å². The number of carbonyl (C=O) groups excluding carboxylic acids is 1. The molecule has 1 N–H and O–H groups in total. The number of aryl methyl sites for hydroxylation is 1. The zero-order valence-corrected chi connectivity index (χ0v) is 12.9. The summed E-state index contributed by atoms with van der Waals surface area (Å²) < 4.78 is 2.12. The molecule has 2 rings (SSSR count). The highest BCUT2D eigenvalue weighted by atomic mass is 16.3. The Morgan fingerprint density at radius 3 is 2.55 bits per heavy atom. The summed E-state index contributed by atoms with van der Waals surface area (Å²) in [6.07, 6.45) is 8.75. The first-order valence-electron chi connectivity index (χ1n) is 7.76. The lowest BCUT2D eigenvalue weighted by molar-refractivity contribution is -0.134. The van der Waals surface area contributed by atoms with Gasteiger partial charge in [-0.3, -0.25) is 4.79 Å². The summed E-state index contributed by atoms with van der Waals surface area (Å²) in [4.78, 5) is 12.3. The van der Waals surface area contributed by atoms with Crippen molar-refractivity contribution in [1.82, 2.24) is 4.57 Å². The fraction of sp³-hybridized carbons (Fsp3) is 0.706. The average Bonchev–Trinajstić information content (AvgIpc) is 2.81. The van der Waals surface area contributed by atoms with Gasteiger partial charge in [0.15, 0.2) is 5.78 Å². The zero-order valence-electron chi connectivity index (χ0n) is 12.9. The molecule has 1 fully saturated rings. The van der Waals surface area contributed by atoms with Gasteiger partial charge in [-0.25, -0.2) is 0 Å². The molecule has 1 aliphatic rings. The van der Waals surface area contributed by atoms with E-state index in [-0.39, 0.29) is 11.7 Å². The molecule has 0 aromatic carbocycles. The van der Waals surface area contributed by atoms with Gasteiger partial charge in [-0.15, -0.1) is 0 Å². The van der Waals surface area contributed by atoms with E-state index < -0.39 is 5.60 Å². The minimum absolute atomic E-state index is 0.0470. The number of nitrogens with zero attached hydrogens (tertiary/aromatic N) is 1. The number of aliphatic hydroxyl groups is 1. The van der Waals surface area contributed by atoms with E-state index in [2.05, 4.69) is 10.6 Å². The van der Waals surface area contributed by atoms with Gasteiger partial charge in [0, 0.05) is 31.3 Å². The van der Waals surface area contributed by atoms with E-state index in [4.69, 9.17) is 0 Å². The Hall–Kier alpha value is -1.09. The Balaban J connectivity index is 2.20. The molecule has 0 unspecified atom stereocenters. The molecule has 1 aromatic rings.